The molecule has 1 heterocycles. The molecule has 2 aromatic carbocycles. The second kappa shape index (κ2) is 6.26. The van der Waals surface area contributed by atoms with E-state index in [4.69, 9.17) is 16.0 Å². The number of hydrogen-bond donors (Lipinski definition) is 1. The van der Waals surface area contributed by atoms with Crippen LogP contribution in [0.5, 0.6) is 0 Å². The number of halogens is 2. The maximum atomic E-state index is 13.9. The smallest absolute Gasteiger partial charge is 0.233 e. The Hall–Kier alpha value is -2.38. The highest BCUT2D eigenvalue weighted by Crippen LogP contribution is 2.33. The highest BCUT2D eigenvalue weighted by atomic mass is 35.5. The molecular formula is C16H12ClFN2O3S. The molecule has 0 aliphatic heterocycles. The number of nitrogens with one attached hydrogen (secondary N) is 1. The number of nitrogens with zero attached hydrogens (tertiary/aromatic N) is 1. The third-order valence-electron chi connectivity index (χ3n) is 3.30. The van der Waals surface area contributed by atoms with Crippen LogP contribution in [0.4, 0.5) is 10.3 Å². The summed E-state index contributed by atoms with van der Waals surface area (Å²) in [5.41, 5.74) is 0.547. The second-order valence-corrected chi connectivity index (χ2v) is 7.11. The van der Waals surface area contributed by atoms with Gasteiger partial charge in [0.25, 0.3) is 0 Å². The van der Waals surface area contributed by atoms with Crippen molar-refractivity contribution in [1.29, 1.82) is 0 Å². The number of aromatic nitrogens is 1. The quantitative estimate of drug-likeness (QED) is 0.755. The maximum absolute atomic E-state index is 13.9. The molecule has 0 spiro atoms. The molecular weight excluding hydrogens is 355 g/mol. The van der Waals surface area contributed by atoms with Gasteiger partial charge in [0.05, 0.1) is 0 Å². The molecule has 0 aliphatic rings. The Morgan fingerprint density at radius 3 is 2.42 bits per heavy atom. The molecule has 0 saturated carbocycles. The highest BCUT2D eigenvalue weighted by molar-refractivity contribution is 7.91. The average molecular weight is 367 g/mol. The Kier molecular flexibility index (Phi) is 4.29. The number of anilines is 1. The summed E-state index contributed by atoms with van der Waals surface area (Å²) in [5, 5.41) is 2.79. The lowest BCUT2D eigenvalue weighted by atomic mass is 10.2. The lowest BCUT2D eigenvalue weighted by Gasteiger charge is -2.03. The van der Waals surface area contributed by atoms with E-state index in [1.165, 1.54) is 25.2 Å². The molecule has 3 aromatic rings. The average Bonchev–Trinajstić information content (AvgIpc) is 3.01. The van der Waals surface area contributed by atoms with Gasteiger partial charge in [0.15, 0.2) is 0 Å². The molecule has 8 heteroatoms. The number of sulfone groups is 1. The molecule has 1 N–H and O–H groups in total. The molecule has 124 valence electrons. The van der Waals surface area contributed by atoms with Crippen molar-refractivity contribution >= 4 is 27.3 Å². The molecule has 5 nitrogen and oxygen atoms in total. The summed E-state index contributed by atoms with van der Waals surface area (Å²) in [7, 11) is -2.68. The molecule has 1 aromatic heterocycles. The van der Waals surface area contributed by atoms with Crippen LogP contribution in [-0.2, 0) is 9.84 Å². The predicted molar refractivity (Wildman–Crippen MR) is 88.3 cm³/mol. The second-order valence-electron chi connectivity index (χ2n) is 4.84. The third kappa shape index (κ3) is 2.88. The molecule has 3 rings (SSSR count). The van der Waals surface area contributed by atoms with Crippen LogP contribution in [0.15, 0.2) is 62.9 Å². The van der Waals surface area contributed by atoms with E-state index in [1.54, 1.807) is 24.3 Å². The van der Waals surface area contributed by atoms with Crippen molar-refractivity contribution in [3.63, 3.8) is 0 Å². The largest absolute Gasteiger partial charge is 0.419 e. The van der Waals surface area contributed by atoms with E-state index in [1.807, 2.05) is 0 Å². The van der Waals surface area contributed by atoms with E-state index in [0.717, 1.165) is 6.07 Å². The fourth-order valence-electron chi connectivity index (χ4n) is 2.13. The summed E-state index contributed by atoms with van der Waals surface area (Å²) >= 11 is 5.83. The molecule has 0 unspecified atom stereocenters. The molecule has 0 aliphatic carbocycles. The zero-order chi connectivity index (χ0) is 17.3. The summed E-state index contributed by atoms with van der Waals surface area (Å²) in [6.45, 7) is 0. The topological polar surface area (TPSA) is 72.2 Å². The first-order chi connectivity index (χ1) is 11.4. The highest BCUT2D eigenvalue weighted by Gasteiger charge is 2.30. The van der Waals surface area contributed by atoms with Crippen molar-refractivity contribution in [3.05, 3.63) is 59.4 Å². The van der Waals surface area contributed by atoms with Crippen molar-refractivity contribution in [2.45, 2.75) is 9.92 Å². The van der Waals surface area contributed by atoms with Crippen LogP contribution in [-0.4, -0.2) is 20.4 Å². The van der Waals surface area contributed by atoms with Gasteiger partial charge in [-0.2, -0.15) is 4.98 Å². The minimum Gasteiger partial charge on any atom is -0.419 e. The van der Waals surface area contributed by atoms with Gasteiger partial charge >= 0.3 is 0 Å². The molecule has 0 bridgehead atoms. The maximum Gasteiger partial charge on any atom is 0.233 e. The number of hydrogen-bond acceptors (Lipinski definition) is 5. The van der Waals surface area contributed by atoms with Gasteiger partial charge in [-0.05, 0) is 36.4 Å². The zero-order valence-corrected chi connectivity index (χ0v) is 14.0. The molecule has 0 atom stereocenters. The third-order valence-corrected chi connectivity index (χ3v) is 5.24. The van der Waals surface area contributed by atoms with Gasteiger partial charge in [0.2, 0.25) is 26.6 Å². The lowest BCUT2D eigenvalue weighted by molar-refractivity contribution is 0.562. The van der Waals surface area contributed by atoms with Gasteiger partial charge in [0.1, 0.15) is 10.7 Å². The van der Waals surface area contributed by atoms with Crippen LogP contribution in [0.3, 0.4) is 0 Å². The normalized spacial score (nSPS) is 11.5. The number of rotatable bonds is 4. The first-order valence-electron chi connectivity index (χ1n) is 6.87. The van der Waals surface area contributed by atoms with Gasteiger partial charge in [-0.25, -0.2) is 12.8 Å². The summed E-state index contributed by atoms with van der Waals surface area (Å²) < 4.78 is 44.8. The molecule has 0 fully saturated rings. The molecule has 24 heavy (non-hydrogen) atoms. The van der Waals surface area contributed by atoms with Gasteiger partial charge in [-0.15, -0.1) is 0 Å². The standard InChI is InChI=1S/C16H12ClFN2O3S/c1-19-15-16(24(21,22)13-5-3-2-4-12(13)18)20-14(23-15)10-6-8-11(17)9-7-10/h2-9,19H,1H3. The zero-order valence-electron chi connectivity index (χ0n) is 12.5. The van der Waals surface area contributed by atoms with Crippen molar-refractivity contribution < 1.29 is 17.2 Å². The Morgan fingerprint density at radius 2 is 1.79 bits per heavy atom. The van der Waals surface area contributed by atoms with E-state index in [9.17, 15) is 12.8 Å². The lowest BCUT2D eigenvalue weighted by Crippen LogP contribution is -2.07. The van der Waals surface area contributed by atoms with Gasteiger partial charge in [0, 0.05) is 17.6 Å². The summed E-state index contributed by atoms with van der Waals surface area (Å²) in [4.78, 5) is 3.58. The van der Waals surface area contributed by atoms with Gasteiger partial charge in [-0.1, -0.05) is 23.7 Å². The summed E-state index contributed by atoms with van der Waals surface area (Å²) in [6.07, 6.45) is 0. The van der Waals surface area contributed by atoms with Crippen LogP contribution in [0.2, 0.25) is 5.02 Å². The Morgan fingerprint density at radius 1 is 1.12 bits per heavy atom. The number of benzene rings is 2. The van der Waals surface area contributed by atoms with E-state index < -0.39 is 20.5 Å². The first-order valence-corrected chi connectivity index (χ1v) is 8.73. The van der Waals surface area contributed by atoms with Crippen molar-refractivity contribution in [1.82, 2.24) is 4.98 Å². The van der Waals surface area contributed by atoms with E-state index in [2.05, 4.69) is 10.3 Å². The van der Waals surface area contributed by atoms with Crippen LogP contribution >= 0.6 is 11.6 Å². The Labute approximate surface area is 143 Å². The molecule has 0 amide bonds. The Balaban J connectivity index is 2.15. The number of oxazole rings is 1. The Bertz CT molecular complexity index is 985. The molecule has 0 radical (unpaired) electrons. The predicted octanol–water partition coefficient (Wildman–Crippen LogP) is 4.01. The van der Waals surface area contributed by atoms with E-state index in [-0.39, 0.29) is 16.8 Å². The van der Waals surface area contributed by atoms with Gasteiger partial charge < -0.3 is 9.73 Å². The van der Waals surface area contributed by atoms with Crippen LogP contribution < -0.4 is 5.32 Å². The summed E-state index contributed by atoms with van der Waals surface area (Å²) in [5.74, 6) is -0.829. The fraction of sp³-hybridized carbons (Fsp3) is 0.0625. The van der Waals surface area contributed by atoms with E-state index >= 15 is 0 Å². The fourth-order valence-corrected chi connectivity index (χ4v) is 3.64. The summed E-state index contributed by atoms with van der Waals surface area (Å²) in [6, 6.07) is 11.7. The van der Waals surface area contributed by atoms with Crippen molar-refractivity contribution in [2.24, 2.45) is 0 Å². The minimum absolute atomic E-state index is 0.0665. The molecule has 0 saturated heterocycles. The van der Waals surface area contributed by atoms with E-state index in [0.29, 0.717) is 10.6 Å². The van der Waals surface area contributed by atoms with Crippen molar-refractivity contribution in [3.8, 4) is 11.5 Å². The van der Waals surface area contributed by atoms with Gasteiger partial charge in [-0.3, -0.25) is 0 Å². The first kappa shape index (κ1) is 16.5. The SMILES string of the molecule is CNc1oc(-c2ccc(Cl)cc2)nc1S(=O)(=O)c1ccccc1F. The van der Waals surface area contributed by atoms with Crippen LogP contribution in [0, 0.1) is 5.82 Å². The minimum atomic E-state index is -4.18. The van der Waals surface area contributed by atoms with Crippen LogP contribution in [0.1, 0.15) is 0 Å². The van der Waals surface area contributed by atoms with Crippen molar-refractivity contribution in [2.75, 3.05) is 12.4 Å². The van der Waals surface area contributed by atoms with Crippen LogP contribution in [0.25, 0.3) is 11.5 Å². The monoisotopic (exact) mass is 366 g/mol.